The van der Waals surface area contributed by atoms with Crippen LogP contribution in [-0.2, 0) is 19.8 Å². The van der Waals surface area contributed by atoms with Gasteiger partial charge >= 0.3 is 5.97 Å². The normalized spacial score (nSPS) is 41.3. The molecule has 4 heteroatoms. The molecule has 7 atom stereocenters. The quantitative estimate of drug-likeness (QED) is 0.548. The van der Waals surface area contributed by atoms with E-state index in [4.69, 9.17) is 9.57 Å². The molecule has 3 aliphatic heterocycles. The Morgan fingerprint density at radius 2 is 1.90 bits per heavy atom. The number of fused-ring (bicyclic) bond motifs is 1. The summed E-state index contributed by atoms with van der Waals surface area (Å²) in [5.74, 6) is 0.940. The summed E-state index contributed by atoms with van der Waals surface area (Å²) in [6.07, 6.45) is 6.69. The van der Waals surface area contributed by atoms with Crippen molar-refractivity contribution >= 4 is 5.97 Å². The summed E-state index contributed by atoms with van der Waals surface area (Å²) in [7, 11) is 0. The maximum atomic E-state index is 13.4. The lowest BCUT2D eigenvalue weighted by Gasteiger charge is -2.44. The van der Waals surface area contributed by atoms with E-state index < -0.39 is 0 Å². The van der Waals surface area contributed by atoms with Crippen molar-refractivity contribution < 1.29 is 19.0 Å². The molecule has 1 spiro atoms. The molecule has 158 valence electrons. The lowest BCUT2D eigenvalue weighted by molar-refractivity contribution is -1.09. The van der Waals surface area contributed by atoms with Gasteiger partial charge in [-0.3, -0.25) is 4.79 Å². The van der Waals surface area contributed by atoms with Gasteiger partial charge in [-0.25, -0.2) is 0 Å². The van der Waals surface area contributed by atoms with Gasteiger partial charge in [-0.05, 0) is 29.7 Å². The van der Waals surface area contributed by atoms with Gasteiger partial charge in [-0.2, -0.15) is 9.48 Å². The van der Waals surface area contributed by atoms with Crippen LogP contribution in [0.2, 0.25) is 0 Å². The molecule has 4 fully saturated rings. The summed E-state index contributed by atoms with van der Waals surface area (Å²) in [4.78, 5) is 19.8. The van der Waals surface area contributed by atoms with Gasteiger partial charge in [-0.1, -0.05) is 57.5 Å². The Kier molecular flexibility index (Phi) is 4.78. The number of hydroxylamine groups is 3. The number of rotatable bonds is 4. The van der Waals surface area contributed by atoms with Gasteiger partial charge < -0.3 is 4.74 Å². The molecule has 1 aromatic rings. The van der Waals surface area contributed by atoms with Gasteiger partial charge in [0, 0.05) is 25.2 Å². The second-order valence-corrected chi connectivity index (χ2v) is 10.7. The third-order valence-electron chi connectivity index (χ3n) is 8.63. The number of carbonyl (C=O) groups excluding carboxylic acids is 1. The van der Waals surface area contributed by atoms with Crippen LogP contribution >= 0.6 is 0 Å². The topological polar surface area (TPSA) is 35.5 Å². The fourth-order valence-corrected chi connectivity index (χ4v) is 6.97. The Labute approximate surface area is 175 Å². The maximum absolute atomic E-state index is 13.4. The molecule has 0 aromatic heterocycles. The first kappa shape index (κ1) is 19.6. The first-order valence-electron chi connectivity index (χ1n) is 11.7. The summed E-state index contributed by atoms with van der Waals surface area (Å²) in [6.45, 7) is 9.12. The minimum absolute atomic E-state index is 0.00503. The van der Waals surface area contributed by atoms with Crippen LogP contribution in [0.15, 0.2) is 30.3 Å². The number of nitrogens with zero attached hydrogens (tertiary/aromatic N) is 1. The van der Waals surface area contributed by atoms with E-state index in [1.54, 1.807) is 0 Å². The van der Waals surface area contributed by atoms with Crippen LogP contribution in [0.5, 0.6) is 0 Å². The van der Waals surface area contributed by atoms with Gasteiger partial charge in [0.1, 0.15) is 37.3 Å². The highest BCUT2D eigenvalue weighted by Crippen LogP contribution is 2.50. The number of piperidine rings is 1. The molecule has 4 nitrogen and oxygen atoms in total. The molecule has 0 amide bonds. The van der Waals surface area contributed by atoms with Crippen molar-refractivity contribution in [1.29, 1.82) is 0 Å². The Balaban J connectivity index is 1.36. The first-order valence-corrected chi connectivity index (χ1v) is 11.7. The summed E-state index contributed by atoms with van der Waals surface area (Å²) in [5, 5.41) is 0. The number of hydrogen-bond acceptors (Lipinski definition) is 3. The number of carbonyl (C=O) groups is 1. The molecule has 4 aliphatic rings. The van der Waals surface area contributed by atoms with Crippen molar-refractivity contribution in [3.8, 4) is 0 Å². The molecule has 1 unspecified atom stereocenters. The minimum atomic E-state index is -0.0519. The van der Waals surface area contributed by atoms with Crippen molar-refractivity contribution in [3.63, 3.8) is 0 Å². The van der Waals surface area contributed by atoms with Crippen LogP contribution < -0.4 is 0 Å². The molecule has 29 heavy (non-hydrogen) atoms. The third kappa shape index (κ3) is 3.14. The summed E-state index contributed by atoms with van der Waals surface area (Å²) < 4.78 is 7.14. The average Bonchev–Trinajstić information content (AvgIpc) is 3.38. The van der Waals surface area contributed by atoms with E-state index >= 15 is 0 Å². The number of hydrogen-bond donors (Lipinski definition) is 0. The third-order valence-corrected chi connectivity index (χ3v) is 8.63. The van der Waals surface area contributed by atoms with Crippen LogP contribution in [0.3, 0.4) is 0 Å². The van der Waals surface area contributed by atoms with Gasteiger partial charge in [0.05, 0.1) is 0 Å². The molecule has 5 rings (SSSR count). The van der Waals surface area contributed by atoms with Crippen molar-refractivity contribution in [2.45, 2.75) is 83.0 Å². The average molecular weight is 399 g/mol. The fourth-order valence-electron chi connectivity index (χ4n) is 6.97. The zero-order chi connectivity index (χ0) is 20.2. The largest absolute Gasteiger partial charge is 0.462 e. The van der Waals surface area contributed by atoms with Crippen molar-refractivity contribution in [1.82, 2.24) is 0 Å². The molecule has 3 saturated heterocycles. The van der Waals surface area contributed by atoms with E-state index in [9.17, 15) is 4.79 Å². The number of quaternary nitrogens is 1. The summed E-state index contributed by atoms with van der Waals surface area (Å²) in [6, 6.07) is 11.1. The molecular weight excluding hydrogens is 362 g/mol. The molecule has 1 aromatic carbocycles. The lowest BCUT2D eigenvalue weighted by atomic mass is 9.64. The predicted octanol–water partition coefficient (Wildman–Crippen LogP) is 4.63. The lowest BCUT2D eigenvalue weighted by Crippen LogP contribution is -2.51. The Morgan fingerprint density at radius 3 is 2.69 bits per heavy atom. The highest BCUT2D eigenvalue weighted by Gasteiger charge is 2.66. The van der Waals surface area contributed by atoms with Gasteiger partial charge in [0.2, 0.25) is 0 Å². The molecule has 0 radical (unpaired) electrons. The van der Waals surface area contributed by atoms with Gasteiger partial charge in [0.15, 0.2) is 0 Å². The molecule has 3 heterocycles. The number of esters is 1. The molecule has 1 aliphatic carbocycles. The minimum Gasteiger partial charge on any atom is -0.462 e. The van der Waals surface area contributed by atoms with Crippen LogP contribution in [0.1, 0.15) is 64.9 Å². The van der Waals surface area contributed by atoms with Crippen LogP contribution in [0, 0.1) is 17.8 Å². The Hall–Kier alpha value is -1.39. The summed E-state index contributed by atoms with van der Waals surface area (Å²) in [5.41, 5.74) is 1.33. The van der Waals surface area contributed by atoms with Crippen molar-refractivity contribution in [3.05, 3.63) is 35.9 Å². The number of benzene rings is 1. The molecule has 2 bridgehead atoms. The van der Waals surface area contributed by atoms with Gasteiger partial charge in [0.25, 0.3) is 0 Å². The Morgan fingerprint density at radius 1 is 1.10 bits per heavy atom. The van der Waals surface area contributed by atoms with Crippen molar-refractivity contribution in [2.75, 3.05) is 13.1 Å². The number of ether oxygens (including phenoxy) is 1. The molecular formula is C25H36NO3+. The maximum Gasteiger partial charge on any atom is 0.318 e. The predicted molar refractivity (Wildman–Crippen MR) is 112 cm³/mol. The van der Waals surface area contributed by atoms with E-state index in [0.717, 1.165) is 43.4 Å². The summed E-state index contributed by atoms with van der Waals surface area (Å²) >= 11 is 0. The second kappa shape index (κ2) is 7.09. The fraction of sp³-hybridized carbons (Fsp3) is 0.720. The first-order chi connectivity index (χ1) is 13.9. The van der Waals surface area contributed by atoms with Gasteiger partial charge in [-0.15, -0.1) is 0 Å². The smallest absolute Gasteiger partial charge is 0.318 e. The van der Waals surface area contributed by atoms with Crippen LogP contribution in [0.25, 0.3) is 0 Å². The van der Waals surface area contributed by atoms with E-state index in [-0.39, 0.29) is 29.5 Å². The highest BCUT2D eigenvalue weighted by molar-refractivity contribution is 5.74. The Bertz CT molecular complexity index is 759. The standard InChI is InChI=1S/C25H36NO3/c1-17-11-12-19(25(2,3)18-8-5-4-6-9-18)22(16-17)28-24(27)23-20-10-7-14-26(20)15-13-21(23)29-26/h4-6,8-9,17,19-23H,7,10-16H2,1-3H3/q+1/t17-,19-,20-,21-,22-,23+,26?/m1/s1. The van der Waals surface area contributed by atoms with E-state index in [1.165, 1.54) is 18.4 Å². The van der Waals surface area contributed by atoms with Crippen LogP contribution in [-0.4, -0.2) is 42.0 Å². The molecule has 0 N–H and O–H groups in total. The monoisotopic (exact) mass is 398 g/mol. The van der Waals surface area contributed by atoms with E-state index in [1.807, 2.05) is 0 Å². The van der Waals surface area contributed by atoms with Crippen molar-refractivity contribution in [2.24, 2.45) is 17.8 Å². The van der Waals surface area contributed by atoms with Crippen LogP contribution in [0.4, 0.5) is 0 Å². The highest BCUT2D eigenvalue weighted by atomic mass is 16.7. The zero-order valence-electron chi connectivity index (χ0n) is 18.2. The van der Waals surface area contributed by atoms with E-state index in [0.29, 0.717) is 17.9 Å². The second-order valence-electron chi connectivity index (χ2n) is 10.7. The zero-order valence-corrected chi connectivity index (χ0v) is 18.2. The molecule has 1 saturated carbocycles. The van der Waals surface area contributed by atoms with E-state index in [2.05, 4.69) is 51.1 Å². The SMILES string of the molecule is C[C@@H]1CC[C@@H](C(C)(C)c2ccccc2)[C@H](OC(=O)[C@H]2[C@H]3CCC[N+]34CC[C@H]2O4)C1.